The van der Waals surface area contributed by atoms with Gasteiger partial charge in [-0.25, -0.2) is 0 Å². The fourth-order valence-electron chi connectivity index (χ4n) is 0.517. The van der Waals surface area contributed by atoms with E-state index in [-0.39, 0.29) is 0 Å². The van der Waals surface area contributed by atoms with Crippen LogP contribution in [-0.4, -0.2) is 18.0 Å². The zero-order chi connectivity index (χ0) is 8.04. The molecule has 1 radical (unpaired) electrons. The Morgan fingerprint density at radius 1 is 1.60 bits per heavy atom. The van der Waals surface area contributed by atoms with Crippen LogP contribution < -0.4 is 0 Å². The summed E-state index contributed by atoms with van der Waals surface area (Å²) in [5.74, 6) is -1.24. The normalized spacial score (nSPS) is 17.6. The second-order valence-corrected chi connectivity index (χ2v) is 2.23. The van der Waals surface area contributed by atoms with Crippen LogP contribution in [0.15, 0.2) is 12.2 Å². The third kappa shape index (κ3) is 4.53. The number of methoxy groups -OCH3 is 1. The van der Waals surface area contributed by atoms with Crippen molar-refractivity contribution in [2.45, 2.75) is 25.6 Å². The van der Waals surface area contributed by atoms with Crippen molar-refractivity contribution < 1.29 is 9.84 Å². The Hall–Kier alpha value is -0.340. The molecule has 59 valence electrons. The summed E-state index contributed by atoms with van der Waals surface area (Å²) in [6.07, 6.45) is 5.24. The maximum atomic E-state index is 9.17. The van der Waals surface area contributed by atoms with Crippen molar-refractivity contribution in [2.24, 2.45) is 0 Å². The van der Waals surface area contributed by atoms with Crippen LogP contribution in [0.1, 0.15) is 19.8 Å². The number of hydrogen-bond acceptors (Lipinski definition) is 2. The van der Waals surface area contributed by atoms with Crippen LogP contribution in [0.3, 0.4) is 0 Å². The first-order valence-corrected chi connectivity index (χ1v) is 3.40. The molecule has 0 saturated heterocycles. The largest absolute Gasteiger partial charge is 0.365 e. The van der Waals surface area contributed by atoms with Gasteiger partial charge in [0, 0.05) is 20.5 Å². The molecule has 0 amide bonds. The molecular formula is C8H15O2. The fourth-order valence-corrected chi connectivity index (χ4v) is 0.517. The molecule has 10 heavy (non-hydrogen) atoms. The molecule has 0 spiro atoms. The monoisotopic (exact) mass is 143 g/mol. The summed E-state index contributed by atoms with van der Waals surface area (Å²) >= 11 is 0. The van der Waals surface area contributed by atoms with E-state index in [1.54, 1.807) is 0 Å². The Bertz CT molecular complexity index is 106. The van der Waals surface area contributed by atoms with E-state index in [2.05, 4.69) is 11.7 Å². The van der Waals surface area contributed by atoms with Crippen LogP contribution in [0.2, 0.25) is 0 Å². The lowest BCUT2D eigenvalue weighted by Gasteiger charge is -2.18. The summed E-state index contributed by atoms with van der Waals surface area (Å²) in [5, 5.41) is 9.17. The average molecular weight is 143 g/mol. The predicted octanol–water partition coefficient (Wildman–Crippen LogP) is 1.51. The van der Waals surface area contributed by atoms with E-state index in [4.69, 9.17) is 5.11 Å². The second kappa shape index (κ2) is 4.47. The van der Waals surface area contributed by atoms with Crippen molar-refractivity contribution >= 4 is 0 Å². The van der Waals surface area contributed by atoms with Crippen molar-refractivity contribution in [1.82, 2.24) is 0 Å². The zero-order valence-corrected chi connectivity index (χ0v) is 6.63. The topological polar surface area (TPSA) is 29.5 Å². The second-order valence-electron chi connectivity index (χ2n) is 2.23. The summed E-state index contributed by atoms with van der Waals surface area (Å²) in [4.78, 5) is 0. The van der Waals surface area contributed by atoms with Gasteiger partial charge in [0.05, 0.1) is 0 Å². The van der Waals surface area contributed by atoms with E-state index in [1.165, 1.54) is 7.11 Å². The molecule has 0 bridgehead atoms. The minimum absolute atomic E-state index is 0.442. The molecule has 0 aromatic carbocycles. The van der Waals surface area contributed by atoms with Crippen LogP contribution in [-0.2, 0) is 4.74 Å². The smallest absolute Gasteiger partial charge is 0.168 e. The molecule has 0 fully saturated rings. The highest BCUT2D eigenvalue weighted by atomic mass is 16.6. The van der Waals surface area contributed by atoms with E-state index < -0.39 is 5.79 Å². The number of aliphatic hydroxyl groups is 1. The summed E-state index contributed by atoms with van der Waals surface area (Å²) in [7, 11) is 1.44. The maximum Gasteiger partial charge on any atom is 0.168 e. The van der Waals surface area contributed by atoms with Crippen LogP contribution in [0.4, 0.5) is 0 Å². The molecule has 2 nitrogen and oxygen atoms in total. The van der Waals surface area contributed by atoms with Crippen molar-refractivity contribution in [3.63, 3.8) is 0 Å². The van der Waals surface area contributed by atoms with Gasteiger partial charge in [-0.2, -0.15) is 0 Å². The molecule has 0 aromatic rings. The highest BCUT2D eigenvalue weighted by Crippen LogP contribution is 2.09. The third-order valence-electron chi connectivity index (χ3n) is 1.22. The van der Waals surface area contributed by atoms with E-state index >= 15 is 0 Å². The van der Waals surface area contributed by atoms with Crippen LogP contribution >= 0.6 is 0 Å². The quantitative estimate of drug-likeness (QED) is 0.477. The van der Waals surface area contributed by atoms with Gasteiger partial charge in [0.2, 0.25) is 0 Å². The first-order chi connectivity index (χ1) is 4.62. The summed E-state index contributed by atoms with van der Waals surface area (Å²) < 4.78 is 4.68. The average Bonchev–Trinajstić information content (AvgIpc) is 1.89. The molecule has 0 rings (SSSR count). The lowest BCUT2D eigenvalue weighted by Crippen LogP contribution is -2.25. The minimum atomic E-state index is -1.24. The Morgan fingerprint density at radius 3 is 2.60 bits per heavy atom. The van der Waals surface area contributed by atoms with Crippen molar-refractivity contribution in [3.8, 4) is 0 Å². The van der Waals surface area contributed by atoms with Crippen LogP contribution in [0.5, 0.6) is 0 Å². The van der Waals surface area contributed by atoms with Gasteiger partial charge >= 0.3 is 0 Å². The minimum Gasteiger partial charge on any atom is -0.365 e. The molecule has 0 aliphatic carbocycles. The molecular weight excluding hydrogens is 128 g/mol. The van der Waals surface area contributed by atoms with E-state index in [9.17, 15) is 0 Å². The number of ether oxygens (including phenoxy) is 1. The van der Waals surface area contributed by atoms with Crippen molar-refractivity contribution in [3.05, 3.63) is 19.1 Å². The first-order valence-electron chi connectivity index (χ1n) is 3.40. The summed E-state index contributed by atoms with van der Waals surface area (Å²) in [5.41, 5.74) is 0. The van der Waals surface area contributed by atoms with Gasteiger partial charge in [0.1, 0.15) is 0 Å². The maximum absolute atomic E-state index is 9.17. The molecule has 1 unspecified atom stereocenters. The summed E-state index contributed by atoms with van der Waals surface area (Å²) in [6, 6.07) is 0. The Morgan fingerprint density at radius 2 is 2.20 bits per heavy atom. The molecule has 0 heterocycles. The Kier molecular flexibility index (Phi) is 4.32. The fraction of sp³-hybridized carbons (Fsp3) is 0.625. The molecule has 0 saturated carbocycles. The van der Waals surface area contributed by atoms with Crippen LogP contribution in [0.25, 0.3) is 0 Å². The van der Waals surface area contributed by atoms with E-state index in [1.807, 2.05) is 19.1 Å². The number of rotatable bonds is 4. The SMILES string of the molecule is [CH2]C(O)(CC=CCC)OC. The van der Waals surface area contributed by atoms with Gasteiger partial charge in [-0.3, -0.25) is 0 Å². The van der Waals surface area contributed by atoms with Gasteiger partial charge in [-0.05, 0) is 6.42 Å². The zero-order valence-electron chi connectivity index (χ0n) is 6.63. The molecule has 0 aliphatic rings. The van der Waals surface area contributed by atoms with Gasteiger partial charge in [-0.1, -0.05) is 19.1 Å². The van der Waals surface area contributed by atoms with Gasteiger partial charge in [0.15, 0.2) is 5.79 Å². The Labute approximate surface area is 62.5 Å². The summed E-state index contributed by atoms with van der Waals surface area (Å²) in [6.45, 7) is 5.48. The van der Waals surface area contributed by atoms with Gasteiger partial charge in [-0.15, -0.1) is 0 Å². The molecule has 0 aromatic heterocycles. The number of allylic oxidation sites excluding steroid dienone is 1. The van der Waals surface area contributed by atoms with Crippen molar-refractivity contribution in [1.29, 1.82) is 0 Å². The highest BCUT2D eigenvalue weighted by molar-refractivity contribution is 4.87. The molecule has 0 aliphatic heterocycles. The van der Waals surface area contributed by atoms with Gasteiger partial charge in [0.25, 0.3) is 0 Å². The first kappa shape index (κ1) is 9.66. The van der Waals surface area contributed by atoms with Gasteiger partial charge < -0.3 is 9.84 Å². The highest BCUT2D eigenvalue weighted by Gasteiger charge is 2.15. The Balaban J connectivity index is 3.56. The predicted molar refractivity (Wildman–Crippen MR) is 41.4 cm³/mol. The van der Waals surface area contributed by atoms with E-state index in [0.717, 1.165) is 6.42 Å². The number of hydrogen-bond donors (Lipinski definition) is 1. The standard InChI is InChI=1S/C8H15O2/c1-4-5-6-7-8(2,9)10-3/h5-6,9H,2,4,7H2,1,3H3. The van der Waals surface area contributed by atoms with Crippen LogP contribution in [0, 0.1) is 6.92 Å². The van der Waals surface area contributed by atoms with E-state index in [0.29, 0.717) is 6.42 Å². The lowest BCUT2D eigenvalue weighted by molar-refractivity contribution is -0.145. The third-order valence-corrected chi connectivity index (χ3v) is 1.22. The van der Waals surface area contributed by atoms with Crippen molar-refractivity contribution in [2.75, 3.05) is 7.11 Å². The molecule has 1 atom stereocenters. The molecule has 2 heteroatoms. The molecule has 1 N–H and O–H groups in total. The lowest BCUT2D eigenvalue weighted by atomic mass is 10.2.